The lowest BCUT2D eigenvalue weighted by molar-refractivity contribution is -0.121. The van der Waals surface area contributed by atoms with E-state index in [-0.39, 0.29) is 34.8 Å². The van der Waals surface area contributed by atoms with E-state index in [1.54, 1.807) is 11.0 Å². The van der Waals surface area contributed by atoms with E-state index < -0.39 is 9.84 Å². The summed E-state index contributed by atoms with van der Waals surface area (Å²) in [5.41, 5.74) is 2.47. The van der Waals surface area contributed by atoms with Crippen molar-refractivity contribution in [3.05, 3.63) is 58.1 Å². The van der Waals surface area contributed by atoms with E-state index in [2.05, 4.69) is 21.2 Å². The molecule has 2 aromatic rings. The van der Waals surface area contributed by atoms with Crippen LogP contribution in [0, 0.1) is 5.92 Å². The zero-order valence-corrected chi connectivity index (χ0v) is 19.5. The summed E-state index contributed by atoms with van der Waals surface area (Å²) in [6.45, 7) is 0.961. The summed E-state index contributed by atoms with van der Waals surface area (Å²) in [5.74, 6) is -0.563. The molecule has 1 heterocycles. The Labute approximate surface area is 191 Å². The molecule has 2 aliphatic rings. The van der Waals surface area contributed by atoms with Gasteiger partial charge in [-0.2, -0.15) is 0 Å². The highest BCUT2D eigenvalue weighted by Gasteiger charge is 2.39. The van der Waals surface area contributed by atoms with Crippen molar-refractivity contribution in [2.75, 3.05) is 23.7 Å². The van der Waals surface area contributed by atoms with Gasteiger partial charge >= 0.3 is 0 Å². The molecule has 0 radical (unpaired) electrons. The molecule has 2 amide bonds. The normalized spacial score (nSPS) is 15.6. The number of nitrogens with one attached hydrogen (secondary N) is 1. The standard InChI is InChI=1S/C23H25BrN2O4S/c24-19-14-18-9-12-26(23(28)17-6-7-17)22(18)20(15-19)31(29,30)13-10-21(27)25-11-8-16-4-2-1-3-5-16/h1-5,14-15,17H,6-13H2,(H,25,27). The van der Waals surface area contributed by atoms with Gasteiger partial charge < -0.3 is 10.2 Å². The van der Waals surface area contributed by atoms with Crippen LogP contribution < -0.4 is 10.2 Å². The number of nitrogens with zero attached hydrogens (tertiary/aromatic N) is 1. The molecular weight excluding hydrogens is 480 g/mol. The van der Waals surface area contributed by atoms with Gasteiger partial charge in [-0.3, -0.25) is 9.59 Å². The molecule has 1 saturated carbocycles. The SMILES string of the molecule is O=C(CCS(=O)(=O)c1cc(Br)cc2c1N(C(=O)C1CC1)CC2)NCCc1ccccc1. The molecule has 1 aliphatic carbocycles. The monoisotopic (exact) mass is 504 g/mol. The zero-order valence-electron chi connectivity index (χ0n) is 17.1. The fraction of sp³-hybridized carbons (Fsp3) is 0.391. The zero-order chi connectivity index (χ0) is 22.0. The summed E-state index contributed by atoms with van der Waals surface area (Å²) in [4.78, 5) is 26.7. The Morgan fingerprint density at radius 1 is 1.13 bits per heavy atom. The minimum Gasteiger partial charge on any atom is -0.356 e. The van der Waals surface area contributed by atoms with Gasteiger partial charge in [-0.15, -0.1) is 0 Å². The molecule has 2 aromatic carbocycles. The molecule has 1 fully saturated rings. The third kappa shape index (κ3) is 5.18. The number of anilines is 1. The lowest BCUT2D eigenvalue weighted by Crippen LogP contribution is -2.32. The molecule has 4 rings (SSSR count). The predicted octanol–water partition coefficient (Wildman–Crippen LogP) is 3.27. The highest BCUT2D eigenvalue weighted by atomic mass is 79.9. The first-order chi connectivity index (χ1) is 14.8. The van der Waals surface area contributed by atoms with E-state index in [4.69, 9.17) is 0 Å². The molecular formula is C23H25BrN2O4S. The Morgan fingerprint density at radius 2 is 1.87 bits per heavy atom. The Balaban J connectivity index is 1.43. The molecule has 8 heteroatoms. The molecule has 1 N–H and O–H groups in total. The molecule has 6 nitrogen and oxygen atoms in total. The second-order valence-corrected chi connectivity index (χ2v) is 11.1. The minimum atomic E-state index is -3.74. The topological polar surface area (TPSA) is 83.6 Å². The number of hydrogen-bond acceptors (Lipinski definition) is 4. The molecule has 164 valence electrons. The summed E-state index contributed by atoms with van der Waals surface area (Å²) in [7, 11) is -3.74. The number of carbonyl (C=O) groups is 2. The molecule has 0 saturated heterocycles. The maximum absolute atomic E-state index is 13.2. The maximum atomic E-state index is 13.2. The number of rotatable bonds is 8. The van der Waals surface area contributed by atoms with Crippen LogP contribution in [0.3, 0.4) is 0 Å². The number of sulfone groups is 1. The van der Waals surface area contributed by atoms with Gasteiger partial charge in [0.2, 0.25) is 11.8 Å². The van der Waals surface area contributed by atoms with E-state index in [9.17, 15) is 18.0 Å². The molecule has 0 spiro atoms. The second-order valence-electron chi connectivity index (χ2n) is 8.08. The quantitative estimate of drug-likeness (QED) is 0.597. The highest BCUT2D eigenvalue weighted by Crippen LogP contribution is 2.41. The Bertz CT molecular complexity index is 1100. The number of benzene rings is 2. The average molecular weight is 505 g/mol. The largest absolute Gasteiger partial charge is 0.356 e. The summed E-state index contributed by atoms with van der Waals surface area (Å²) in [6.07, 6.45) is 2.94. The number of amides is 2. The molecule has 0 aromatic heterocycles. The second kappa shape index (κ2) is 9.12. The van der Waals surface area contributed by atoms with Crippen molar-refractivity contribution >= 4 is 43.3 Å². The molecule has 0 atom stereocenters. The van der Waals surface area contributed by atoms with Gasteiger partial charge in [-0.05, 0) is 48.9 Å². The van der Waals surface area contributed by atoms with Crippen LogP contribution in [0.2, 0.25) is 0 Å². The lowest BCUT2D eigenvalue weighted by atomic mass is 10.1. The van der Waals surface area contributed by atoms with E-state index in [1.165, 1.54) is 0 Å². The summed E-state index contributed by atoms with van der Waals surface area (Å²) < 4.78 is 27.0. The van der Waals surface area contributed by atoms with Crippen molar-refractivity contribution in [1.29, 1.82) is 0 Å². The average Bonchev–Trinajstić information content (AvgIpc) is 3.52. The summed E-state index contributed by atoms with van der Waals surface area (Å²) >= 11 is 3.40. The van der Waals surface area contributed by atoms with Crippen LogP contribution in [0.4, 0.5) is 5.69 Å². The van der Waals surface area contributed by atoms with E-state index in [1.807, 2.05) is 36.4 Å². The van der Waals surface area contributed by atoms with Crippen molar-refractivity contribution in [2.45, 2.75) is 37.0 Å². The van der Waals surface area contributed by atoms with Crippen molar-refractivity contribution in [1.82, 2.24) is 5.32 Å². The van der Waals surface area contributed by atoms with Gasteiger partial charge in [-0.1, -0.05) is 46.3 Å². The van der Waals surface area contributed by atoms with Crippen LogP contribution in [-0.4, -0.2) is 39.1 Å². The van der Waals surface area contributed by atoms with Crippen molar-refractivity contribution in [3.8, 4) is 0 Å². The number of fused-ring (bicyclic) bond motifs is 1. The van der Waals surface area contributed by atoms with Gasteiger partial charge in [0.1, 0.15) is 0 Å². The fourth-order valence-electron chi connectivity index (χ4n) is 3.89. The number of carbonyl (C=O) groups excluding carboxylic acids is 2. The Morgan fingerprint density at radius 3 is 2.58 bits per heavy atom. The highest BCUT2D eigenvalue weighted by molar-refractivity contribution is 9.10. The first kappa shape index (κ1) is 22.0. The molecule has 1 aliphatic heterocycles. The van der Waals surface area contributed by atoms with E-state index in [0.717, 1.165) is 24.0 Å². The first-order valence-corrected chi connectivity index (χ1v) is 13.0. The first-order valence-electron chi connectivity index (χ1n) is 10.5. The minimum absolute atomic E-state index is 0.0103. The maximum Gasteiger partial charge on any atom is 0.230 e. The Hall–Kier alpha value is -2.19. The van der Waals surface area contributed by atoms with Crippen LogP contribution in [0.15, 0.2) is 51.8 Å². The predicted molar refractivity (Wildman–Crippen MR) is 123 cm³/mol. The van der Waals surface area contributed by atoms with Crippen LogP contribution in [0.25, 0.3) is 0 Å². The molecule has 0 unspecified atom stereocenters. The van der Waals surface area contributed by atoms with Crippen molar-refractivity contribution in [2.24, 2.45) is 5.92 Å². The van der Waals surface area contributed by atoms with Gasteiger partial charge in [0.05, 0.1) is 16.3 Å². The van der Waals surface area contributed by atoms with Gasteiger partial charge in [0.25, 0.3) is 0 Å². The van der Waals surface area contributed by atoms with Crippen LogP contribution >= 0.6 is 15.9 Å². The Kier molecular flexibility index (Phi) is 6.48. The molecule has 0 bridgehead atoms. The van der Waals surface area contributed by atoms with Crippen LogP contribution in [-0.2, 0) is 32.3 Å². The van der Waals surface area contributed by atoms with Crippen molar-refractivity contribution < 1.29 is 18.0 Å². The number of hydrogen-bond donors (Lipinski definition) is 1. The van der Waals surface area contributed by atoms with Gasteiger partial charge in [0.15, 0.2) is 9.84 Å². The molecule has 31 heavy (non-hydrogen) atoms. The van der Waals surface area contributed by atoms with E-state index >= 15 is 0 Å². The van der Waals surface area contributed by atoms with Crippen molar-refractivity contribution in [3.63, 3.8) is 0 Å². The van der Waals surface area contributed by atoms with E-state index in [0.29, 0.717) is 36.1 Å². The third-order valence-electron chi connectivity index (χ3n) is 5.70. The van der Waals surface area contributed by atoms with Crippen LogP contribution in [0.5, 0.6) is 0 Å². The van der Waals surface area contributed by atoms with Crippen LogP contribution in [0.1, 0.15) is 30.4 Å². The summed E-state index contributed by atoms with van der Waals surface area (Å²) in [6, 6.07) is 13.2. The fourth-order valence-corrected chi connectivity index (χ4v) is 6.07. The number of halogens is 1. The smallest absolute Gasteiger partial charge is 0.230 e. The van der Waals surface area contributed by atoms with Gasteiger partial charge in [0, 0.05) is 29.9 Å². The summed E-state index contributed by atoms with van der Waals surface area (Å²) in [5, 5.41) is 2.79. The lowest BCUT2D eigenvalue weighted by Gasteiger charge is -2.20. The third-order valence-corrected chi connectivity index (χ3v) is 7.88. The van der Waals surface area contributed by atoms with Gasteiger partial charge in [-0.25, -0.2) is 8.42 Å².